The van der Waals surface area contributed by atoms with Crippen LogP contribution < -0.4 is 5.32 Å². The van der Waals surface area contributed by atoms with Crippen molar-refractivity contribution in [1.29, 1.82) is 0 Å². The molecule has 0 bridgehead atoms. The van der Waals surface area contributed by atoms with E-state index < -0.39 is 0 Å². The predicted octanol–water partition coefficient (Wildman–Crippen LogP) is 1.74. The lowest BCUT2D eigenvalue weighted by Crippen LogP contribution is -2.49. The van der Waals surface area contributed by atoms with Crippen LogP contribution in [-0.4, -0.2) is 47.9 Å². The zero-order chi connectivity index (χ0) is 15.0. The number of carbonyl (C=O) groups excluding carboxylic acids is 1. The Morgan fingerprint density at radius 2 is 2.00 bits per heavy atom. The van der Waals surface area contributed by atoms with Crippen molar-refractivity contribution in [3.05, 3.63) is 35.6 Å². The smallest absolute Gasteiger partial charge is 0.238 e. The average Bonchev–Trinajstić information content (AvgIpc) is 2.85. The van der Waals surface area contributed by atoms with Crippen LogP contribution >= 0.6 is 0 Å². The molecule has 2 aliphatic heterocycles. The molecule has 0 saturated carbocycles. The molecule has 3 rings (SSSR count). The summed E-state index contributed by atoms with van der Waals surface area (Å²) in [4.78, 5) is 16.6. The fraction of sp³-hybridized carbons (Fsp3) is 0.562. The first kappa shape index (κ1) is 14.5. The number of nitrogens with zero attached hydrogens (tertiary/aromatic N) is 2. The van der Waals surface area contributed by atoms with Gasteiger partial charge in [0.15, 0.2) is 0 Å². The first-order valence-corrected chi connectivity index (χ1v) is 7.56. The molecule has 0 spiro atoms. The topological polar surface area (TPSA) is 35.6 Å². The Balaban J connectivity index is 1.81. The minimum absolute atomic E-state index is 0.126. The summed E-state index contributed by atoms with van der Waals surface area (Å²) in [7, 11) is 2.13. The van der Waals surface area contributed by atoms with Gasteiger partial charge in [0, 0.05) is 18.6 Å². The van der Waals surface area contributed by atoms with E-state index in [0.717, 1.165) is 24.9 Å². The van der Waals surface area contributed by atoms with Crippen LogP contribution in [0, 0.1) is 5.82 Å². The van der Waals surface area contributed by atoms with E-state index in [-0.39, 0.29) is 23.9 Å². The van der Waals surface area contributed by atoms with Crippen molar-refractivity contribution in [1.82, 2.24) is 15.1 Å². The number of benzene rings is 1. The molecule has 2 aliphatic rings. The molecule has 1 N–H and O–H groups in total. The van der Waals surface area contributed by atoms with Gasteiger partial charge in [-0.15, -0.1) is 0 Å². The van der Waals surface area contributed by atoms with Crippen LogP contribution in [0.15, 0.2) is 24.3 Å². The Hall–Kier alpha value is -1.46. The molecule has 1 aromatic carbocycles. The number of nitrogens with one attached hydrogen (secondary N) is 1. The maximum atomic E-state index is 13.1. The van der Waals surface area contributed by atoms with E-state index in [1.54, 1.807) is 12.1 Å². The number of piperidine rings is 1. The van der Waals surface area contributed by atoms with E-state index in [4.69, 9.17) is 0 Å². The van der Waals surface area contributed by atoms with E-state index in [0.29, 0.717) is 12.6 Å². The van der Waals surface area contributed by atoms with E-state index in [1.165, 1.54) is 12.1 Å². The SMILES string of the molecule is CC1CC(N2C(=O)CNC2c2ccc(F)cc2)CCN1C. The first-order valence-electron chi connectivity index (χ1n) is 7.56. The Morgan fingerprint density at radius 1 is 1.29 bits per heavy atom. The average molecular weight is 291 g/mol. The molecule has 3 atom stereocenters. The van der Waals surface area contributed by atoms with Gasteiger partial charge < -0.3 is 9.80 Å². The standard InChI is InChI=1S/C16H22FN3O/c1-11-9-14(7-8-19(11)2)20-15(21)10-18-16(20)12-3-5-13(17)6-4-12/h3-6,11,14,16,18H,7-10H2,1-2H3. The summed E-state index contributed by atoms with van der Waals surface area (Å²) in [5, 5.41) is 3.26. The third kappa shape index (κ3) is 2.80. The van der Waals surface area contributed by atoms with Gasteiger partial charge in [-0.05, 0) is 44.5 Å². The molecule has 3 unspecified atom stereocenters. The second kappa shape index (κ2) is 5.73. The highest BCUT2D eigenvalue weighted by Crippen LogP contribution is 2.30. The number of carbonyl (C=O) groups is 1. The van der Waals surface area contributed by atoms with Gasteiger partial charge in [-0.2, -0.15) is 0 Å². The monoisotopic (exact) mass is 291 g/mol. The third-order valence-electron chi connectivity index (χ3n) is 4.77. The van der Waals surface area contributed by atoms with Crippen LogP contribution in [0.2, 0.25) is 0 Å². The molecule has 0 radical (unpaired) electrons. The van der Waals surface area contributed by atoms with Crippen LogP contribution in [0.1, 0.15) is 31.5 Å². The van der Waals surface area contributed by atoms with Crippen molar-refractivity contribution >= 4 is 5.91 Å². The van der Waals surface area contributed by atoms with Gasteiger partial charge in [-0.3, -0.25) is 10.1 Å². The van der Waals surface area contributed by atoms with Gasteiger partial charge in [0.05, 0.1) is 6.54 Å². The highest BCUT2D eigenvalue weighted by Gasteiger charge is 2.39. The molecule has 21 heavy (non-hydrogen) atoms. The lowest BCUT2D eigenvalue weighted by atomic mass is 9.96. The number of hydrogen-bond acceptors (Lipinski definition) is 3. The molecular formula is C16H22FN3O. The molecule has 4 nitrogen and oxygen atoms in total. The Labute approximate surface area is 124 Å². The predicted molar refractivity (Wildman–Crippen MR) is 79.1 cm³/mol. The summed E-state index contributed by atoms with van der Waals surface area (Å²) in [5.41, 5.74) is 0.953. The van der Waals surface area contributed by atoms with E-state index in [1.807, 2.05) is 4.90 Å². The van der Waals surface area contributed by atoms with Gasteiger partial charge in [-0.25, -0.2) is 4.39 Å². The normalized spacial score (nSPS) is 30.9. The fourth-order valence-corrected chi connectivity index (χ4v) is 3.37. The highest BCUT2D eigenvalue weighted by atomic mass is 19.1. The van der Waals surface area contributed by atoms with Crippen molar-refractivity contribution in [2.24, 2.45) is 0 Å². The Morgan fingerprint density at radius 3 is 2.67 bits per heavy atom. The lowest BCUT2D eigenvalue weighted by Gasteiger charge is -2.41. The van der Waals surface area contributed by atoms with Crippen molar-refractivity contribution in [2.45, 2.75) is 38.0 Å². The number of hydrogen-bond donors (Lipinski definition) is 1. The second-order valence-electron chi connectivity index (χ2n) is 6.14. The van der Waals surface area contributed by atoms with Crippen LogP contribution in [0.4, 0.5) is 4.39 Å². The number of halogens is 1. The summed E-state index contributed by atoms with van der Waals surface area (Å²) in [6.45, 7) is 3.57. The van der Waals surface area contributed by atoms with Crippen molar-refractivity contribution in [2.75, 3.05) is 20.1 Å². The Kier molecular flexibility index (Phi) is 3.95. The number of rotatable bonds is 2. The maximum absolute atomic E-state index is 13.1. The van der Waals surface area contributed by atoms with E-state index in [9.17, 15) is 9.18 Å². The van der Waals surface area contributed by atoms with Gasteiger partial charge in [0.25, 0.3) is 0 Å². The van der Waals surface area contributed by atoms with Gasteiger partial charge in [0.2, 0.25) is 5.91 Å². The molecule has 0 aromatic heterocycles. The van der Waals surface area contributed by atoms with Crippen molar-refractivity contribution in [3.8, 4) is 0 Å². The fourth-order valence-electron chi connectivity index (χ4n) is 3.37. The minimum Gasteiger partial charge on any atom is -0.319 e. The number of likely N-dealkylation sites (tertiary alicyclic amines) is 1. The zero-order valence-corrected chi connectivity index (χ0v) is 12.6. The molecule has 1 aromatic rings. The molecule has 5 heteroatoms. The van der Waals surface area contributed by atoms with Crippen molar-refractivity contribution < 1.29 is 9.18 Å². The quantitative estimate of drug-likeness (QED) is 0.901. The molecule has 2 fully saturated rings. The summed E-state index contributed by atoms with van der Waals surface area (Å²) in [5.74, 6) is -0.103. The molecule has 2 heterocycles. The van der Waals surface area contributed by atoms with Gasteiger partial charge in [-0.1, -0.05) is 12.1 Å². The van der Waals surface area contributed by atoms with Gasteiger partial charge in [0.1, 0.15) is 12.0 Å². The maximum Gasteiger partial charge on any atom is 0.238 e. The Bertz CT molecular complexity index is 519. The lowest BCUT2D eigenvalue weighted by molar-refractivity contribution is -0.131. The van der Waals surface area contributed by atoms with Crippen molar-refractivity contribution in [3.63, 3.8) is 0 Å². The summed E-state index contributed by atoms with van der Waals surface area (Å²) in [6.07, 6.45) is 1.85. The van der Waals surface area contributed by atoms with E-state index in [2.05, 4.69) is 24.2 Å². The van der Waals surface area contributed by atoms with Gasteiger partial charge >= 0.3 is 0 Å². The van der Waals surface area contributed by atoms with E-state index >= 15 is 0 Å². The van der Waals surface area contributed by atoms with Crippen LogP contribution in [0.3, 0.4) is 0 Å². The minimum atomic E-state index is -0.248. The summed E-state index contributed by atoms with van der Waals surface area (Å²) >= 11 is 0. The molecule has 1 amide bonds. The third-order valence-corrected chi connectivity index (χ3v) is 4.77. The zero-order valence-electron chi connectivity index (χ0n) is 12.6. The summed E-state index contributed by atoms with van der Waals surface area (Å²) in [6, 6.07) is 7.16. The van der Waals surface area contributed by atoms with Crippen LogP contribution in [0.5, 0.6) is 0 Å². The largest absolute Gasteiger partial charge is 0.319 e. The van der Waals surface area contributed by atoms with Crippen LogP contribution in [-0.2, 0) is 4.79 Å². The molecule has 0 aliphatic carbocycles. The second-order valence-corrected chi connectivity index (χ2v) is 6.14. The first-order chi connectivity index (χ1) is 10.1. The molecular weight excluding hydrogens is 269 g/mol. The molecule has 2 saturated heterocycles. The van der Waals surface area contributed by atoms with Crippen LogP contribution in [0.25, 0.3) is 0 Å². The summed E-state index contributed by atoms with van der Waals surface area (Å²) < 4.78 is 13.1. The number of amides is 1. The molecule has 114 valence electrons. The highest BCUT2D eigenvalue weighted by molar-refractivity contribution is 5.81.